The largest absolute Gasteiger partial charge is 0.383 e. The molecule has 1 amide bonds. The molecule has 12 heavy (non-hydrogen) atoms. The Morgan fingerprint density at radius 3 is 2.58 bits per heavy atom. The maximum absolute atomic E-state index is 10.8. The summed E-state index contributed by atoms with van der Waals surface area (Å²) in [7, 11) is 1.55. The van der Waals surface area contributed by atoms with E-state index in [1.165, 1.54) is 0 Å². The average molecular weight is 194 g/mol. The summed E-state index contributed by atoms with van der Waals surface area (Å²) in [5, 5.41) is 2.08. The third-order valence-corrected chi connectivity index (χ3v) is 1.37. The highest BCUT2D eigenvalue weighted by Gasteiger charge is 2.02. The Morgan fingerprint density at radius 1 is 1.42 bits per heavy atom. The zero-order chi connectivity index (χ0) is 9.40. The van der Waals surface area contributed by atoms with Crippen molar-refractivity contribution in [3.63, 3.8) is 0 Å². The van der Waals surface area contributed by atoms with E-state index < -0.39 is 5.24 Å². The van der Waals surface area contributed by atoms with Crippen molar-refractivity contribution in [1.29, 1.82) is 0 Å². The number of hydrogen-bond acceptors (Lipinski definition) is 3. The van der Waals surface area contributed by atoms with Crippen LogP contribution in [0.15, 0.2) is 0 Å². The van der Waals surface area contributed by atoms with Crippen LogP contribution in [-0.4, -0.2) is 31.4 Å². The van der Waals surface area contributed by atoms with Gasteiger partial charge < -0.3 is 10.1 Å². The highest BCUT2D eigenvalue weighted by atomic mass is 35.5. The van der Waals surface area contributed by atoms with E-state index in [0.717, 1.165) is 0 Å². The van der Waals surface area contributed by atoms with E-state index in [4.69, 9.17) is 16.3 Å². The number of carbonyl (C=O) groups excluding carboxylic acids is 2. The normalized spacial score (nSPS) is 9.50. The van der Waals surface area contributed by atoms with E-state index in [0.29, 0.717) is 13.2 Å². The van der Waals surface area contributed by atoms with E-state index in [1.807, 2.05) is 0 Å². The standard InChI is InChI=1S/C7H12ClNO3/c1-12-5-4-9-7(11)3-2-6(8)10/h2-5H2,1H3,(H,9,11). The number of hydrogen-bond donors (Lipinski definition) is 1. The molecule has 70 valence electrons. The number of rotatable bonds is 6. The Kier molecular flexibility index (Phi) is 6.70. The maximum Gasteiger partial charge on any atom is 0.222 e. The quantitative estimate of drug-likeness (QED) is 0.488. The maximum atomic E-state index is 10.8. The fourth-order valence-corrected chi connectivity index (χ4v) is 0.687. The lowest BCUT2D eigenvalue weighted by Crippen LogP contribution is -2.26. The minimum absolute atomic E-state index is 0.0837. The molecule has 0 atom stereocenters. The van der Waals surface area contributed by atoms with Gasteiger partial charge in [0, 0.05) is 26.5 Å². The van der Waals surface area contributed by atoms with Gasteiger partial charge in [-0.15, -0.1) is 0 Å². The molecule has 0 unspecified atom stereocenters. The van der Waals surface area contributed by atoms with Gasteiger partial charge in [0.05, 0.1) is 6.61 Å². The average Bonchev–Trinajstić information content (AvgIpc) is 2.01. The molecule has 5 heteroatoms. The predicted molar refractivity (Wildman–Crippen MR) is 45.0 cm³/mol. The van der Waals surface area contributed by atoms with Crippen molar-refractivity contribution in [2.75, 3.05) is 20.3 Å². The lowest BCUT2D eigenvalue weighted by atomic mass is 10.3. The minimum Gasteiger partial charge on any atom is -0.383 e. The highest BCUT2D eigenvalue weighted by Crippen LogP contribution is 1.93. The molecule has 0 aliphatic rings. The monoisotopic (exact) mass is 193 g/mol. The van der Waals surface area contributed by atoms with Gasteiger partial charge in [0.15, 0.2) is 0 Å². The molecule has 0 spiro atoms. The van der Waals surface area contributed by atoms with Gasteiger partial charge in [-0.25, -0.2) is 0 Å². The molecule has 1 N–H and O–H groups in total. The summed E-state index contributed by atoms with van der Waals surface area (Å²) >= 11 is 5.04. The summed E-state index contributed by atoms with van der Waals surface area (Å²) in [4.78, 5) is 21.1. The molecule has 0 heterocycles. The Labute approximate surface area is 76.2 Å². The van der Waals surface area contributed by atoms with Crippen molar-refractivity contribution in [2.45, 2.75) is 12.8 Å². The van der Waals surface area contributed by atoms with Crippen LogP contribution in [0.5, 0.6) is 0 Å². The van der Waals surface area contributed by atoms with Crippen LogP contribution in [0.3, 0.4) is 0 Å². The number of ether oxygens (including phenoxy) is 1. The molecular weight excluding hydrogens is 182 g/mol. The topological polar surface area (TPSA) is 55.4 Å². The van der Waals surface area contributed by atoms with Crippen LogP contribution in [0.25, 0.3) is 0 Å². The highest BCUT2D eigenvalue weighted by molar-refractivity contribution is 6.63. The van der Waals surface area contributed by atoms with Gasteiger partial charge in [0.25, 0.3) is 0 Å². The third kappa shape index (κ3) is 7.50. The van der Waals surface area contributed by atoms with Crippen LogP contribution < -0.4 is 5.32 Å². The fourth-order valence-electron chi connectivity index (χ4n) is 0.593. The summed E-state index contributed by atoms with van der Waals surface area (Å²) in [6.45, 7) is 0.937. The van der Waals surface area contributed by atoms with Crippen molar-refractivity contribution >= 4 is 22.8 Å². The zero-order valence-electron chi connectivity index (χ0n) is 6.93. The second-order valence-corrected chi connectivity index (χ2v) is 2.62. The lowest BCUT2D eigenvalue weighted by Gasteiger charge is -2.01. The van der Waals surface area contributed by atoms with E-state index in [-0.39, 0.29) is 18.7 Å². The minimum atomic E-state index is -0.489. The van der Waals surface area contributed by atoms with Crippen LogP contribution >= 0.6 is 11.6 Å². The molecule has 0 aliphatic heterocycles. The van der Waals surface area contributed by atoms with E-state index in [2.05, 4.69) is 5.32 Å². The Bertz CT molecular complexity index is 161. The summed E-state index contributed by atoms with van der Waals surface area (Å²) in [6.07, 6.45) is 0.229. The number of carbonyl (C=O) groups is 2. The Balaban J connectivity index is 3.28. The summed E-state index contributed by atoms with van der Waals surface area (Å²) in [5.74, 6) is -0.180. The van der Waals surface area contributed by atoms with Gasteiger partial charge in [-0.2, -0.15) is 0 Å². The molecule has 0 aromatic rings. The zero-order valence-corrected chi connectivity index (χ0v) is 7.69. The number of halogens is 1. The first-order valence-electron chi connectivity index (χ1n) is 3.60. The number of amides is 1. The van der Waals surface area contributed by atoms with Gasteiger partial charge in [0.1, 0.15) is 0 Å². The first-order chi connectivity index (χ1) is 5.66. The first-order valence-corrected chi connectivity index (χ1v) is 3.98. The van der Waals surface area contributed by atoms with Gasteiger partial charge in [0.2, 0.25) is 11.1 Å². The van der Waals surface area contributed by atoms with E-state index in [1.54, 1.807) is 7.11 Å². The second-order valence-electron chi connectivity index (χ2n) is 2.20. The number of nitrogens with one attached hydrogen (secondary N) is 1. The van der Waals surface area contributed by atoms with Crippen LogP contribution in [-0.2, 0) is 14.3 Å². The first kappa shape index (κ1) is 11.4. The molecule has 0 saturated heterocycles. The van der Waals surface area contributed by atoms with Crippen LogP contribution in [0, 0.1) is 0 Å². The summed E-state index contributed by atoms with van der Waals surface area (Å²) in [5.41, 5.74) is 0. The van der Waals surface area contributed by atoms with Gasteiger partial charge in [-0.05, 0) is 11.6 Å². The Hall–Kier alpha value is -0.610. The molecule has 0 saturated carbocycles. The molecule has 0 fully saturated rings. The van der Waals surface area contributed by atoms with Crippen molar-refractivity contribution in [3.8, 4) is 0 Å². The molecule has 0 aliphatic carbocycles. The van der Waals surface area contributed by atoms with Crippen molar-refractivity contribution < 1.29 is 14.3 Å². The van der Waals surface area contributed by atoms with Crippen molar-refractivity contribution in [2.24, 2.45) is 0 Å². The van der Waals surface area contributed by atoms with E-state index in [9.17, 15) is 9.59 Å². The second kappa shape index (κ2) is 7.06. The Morgan fingerprint density at radius 2 is 2.08 bits per heavy atom. The molecule has 0 bridgehead atoms. The lowest BCUT2D eigenvalue weighted by molar-refractivity contribution is -0.123. The van der Waals surface area contributed by atoms with Crippen LogP contribution in [0.2, 0.25) is 0 Å². The molecular formula is C7H12ClNO3. The van der Waals surface area contributed by atoms with Crippen molar-refractivity contribution in [1.82, 2.24) is 5.32 Å². The van der Waals surface area contributed by atoms with Crippen LogP contribution in [0.1, 0.15) is 12.8 Å². The molecule has 0 rings (SSSR count). The third-order valence-electron chi connectivity index (χ3n) is 1.18. The predicted octanol–water partition coefficient (Wildman–Crippen LogP) is 0.295. The van der Waals surface area contributed by atoms with E-state index >= 15 is 0 Å². The smallest absolute Gasteiger partial charge is 0.222 e. The molecule has 4 nitrogen and oxygen atoms in total. The van der Waals surface area contributed by atoms with Gasteiger partial charge >= 0.3 is 0 Å². The van der Waals surface area contributed by atoms with Crippen LogP contribution in [0.4, 0.5) is 0 Å². The molecule has 0 radical (unpaired) electrons. The van der Waals surface area contributed by atoms with Gasteiger partial charge in [-0.3, -0.25) is 9.59 Å². The molecule has 0 aromatic carbocycles. The molecule has 0 aromatic heterocycles. The summed E-state index contributed by atoms with van der Waals surface area (Å²) in [6, 6.07) is 0. The number of methoxy groups -OCH3 is 1. The fraction of sp³-hybridized carbons (Fsp3) is 0.714. The summed E-state index contributed by atoms with van der Waals surface area (Å²) < 4.78 is 4.71. The van der Waals surface area contributed by atoms with Gasteiger partial charge in [-0.1, -0.05) is 0 Å². The van der Waals surface area contributed by atoms with Crippen molar-refractivity contribution in [3.05, 3.63) is 0 Å². The SMILES string of the molecule is COCCNC(=O)CCC(=O)Cl.